The van der Waals surface area contributed by atoms with Crippen LogP contribution in [0.4, 0.5) is 0 Å². The van der Waals surface area contributed by atoms with Crippen molar-refractivity contribution in [1.29, 1.82) is 0 Å². The third-order valence-corrected chi connectivity index (χ3v) is 3.43. The number of pyridine rings is 1. The molecule has 0 aliphatic heterocycles. The van der Waals surface area contributed by atoms with Gasteiger partial charge in [-0.3, -0.25) is 4.98 Å². The third-order valence-electron chi connectivity index (χ3n) is 3.12. The van der Waals surface area contributed by atoms with Gasteiger partial charge in [0.15, 0.2) is 0 Å². The SMILES string of the molecule is CCOc1ccc(CNC(C)c2ccncc2Cl)cc1. The maximum atomic E-state index is 6.14. The van der Waals surface area contributed by atoms with Gasteiger partial charge in [0.2, 0.25) is 0 Å². The van der Waals surface area contributed by atoms with Crippen molar-refractivity contribution in [1.82, 2.24) is 10.3 Å². The van der Waals surface area contributed by atoms with Gasteiger partial charge in [0.1, 0.15) is 5.75 Å². The van der Waals surface area contributed by atoms with Crippen LogP contribution >= 0.6 is 11.6 Å². The summed E-state index contributed by atoms with van der Waals surface area (Å²) < 4.78 is 5.43. The normalized spacial score (nSPS) is 12.2. The zero-order valence-electron chi connectivity index (χ0n) is 11.8. The fourth-order valence-electron chi connectivity index (χ4n) is 1.99. The Bertz CT molecular complexity index is 542. The van der Waals surface area contributed by atoms with Crippen molar-refractivity contribution >= 4 is 11.6 Å². The summed E-state index contributed by atoms with van der Waals surface area (Å²) >= 11 is 6.14. The van der Waals surface area contributed by atoms with Crippen molar-refractivity contribution < 1.29 is 4.74 Å². The molecule has 1 atom stereocenters. The van der Waals surface area contributed by atoms with Crippen LogP contribution in [0.15, 0.2) is 42.7 Å². The van der Waals surface area contributed by atoms with E-state index in [-0.39, 0.29) is 6.04 Å². The first-order chi connectivity index (χ1) is 9.70. The van der Waals surface area contributed by atoms with Crippen LogP contribution < -0.4 is 10.1 Å². The summed E-state index contributed by atoms with van der Waals surface area (Å²) in [5, 5.41) is 4.15. The Morgan fingerprint density at radius 1 is 1.25 bits per heavy atom. The molecule has 0 saturated carbocycles. The number of rotatable bonds is 6. The van der Waals surface area contributed by atoms with Gasteiger partial charge in [-0.1, -0.05) is 23.7 Å². The number of ether oxygens (including phenoxy) is 1. The summed E-state index contributed by atoms with van der Waals surface area (Å²) in [4.78, 5) is 4.00. The highest BCUT2D eigenvalue weighted by atomic mass is 35.5. The fraction of sp³-hybridized carbons (Fsp3) is 0.312. The van der Waals surface area contributed by atoms with Crippen molar-refractivity contribution in [3.63, 3.8) is 0 Å². The lowest BCUT2D eigenvalue weighted by molar-refractivity contribution is 0.340. The second kappa shape index (κ2) is 7.27. The molecular formula is C16H19ClN2O. The maximum Gasteiger partial charge on any atom is 0.119 e. The molecule has 0 aliphatic carbocycles. The van der Waals surface area contributed by atoms with E-state index in [0.717, 1.165) is 17.9 Å². The molecule has 106 valence electrons. The fourth-order valence-corrected chi connectivity index (χ4v) is 2.27. The van der Waals surface area contributed by atoms with E-state index in [4.69, 9.17) is 16.3 Å². The minimum Gasteiger partial charge on any atom is -0.494 e. The molecule has 0 saturated heterocycles. The summed E-state index contributed by atoms with van der Waals surface area (Å²) in [5.41, 5.74) is 2.28. The maximum absolute atomic E-state index is 6.14. The lowest BCUT2D eigenvalue weighted by atomic mass is 10.1. The molecule has 0 fully saturated rings. The van der Waals surface area contributed by atoms with E-state index < -0.39 is 0 Å². The Morgan fingerprint density at radius 3 is 2.65 bits per heavy atom. The molecule has 20 heavy (non-hydrogen) atoms. The highest BCUT2D eigenvalue weighted by Crippen LogP contribution is 2.21. The van der Waals surface area contributed by atoms with Crippen molar-refractivity contribution in [2.75, 3.05) is 6.61 Å². The first kappa shape index (κ1) is 14.8. The largest absolute Gasteiger partial charge is 0.494 e. The summed E-state index contributed by atoms with van der Waals surface area (Å²) in [6.07, 6.45) is 3.43. The molecule has 4 heteroatoms. The Labute approximate surface area is 124 Å². The number of hydrogen-bond donors (Lipinski definition) is 1. The molecule has 0 radical (unpaired) electrons. The first-order valence-electron chi connectivity index (χ1n) is 6.75. The van der Waals surface area contributed by atoms with Crippen LogP contribution in [0.1, 0.15) is 31.0 Å². The number of aromatic nitrogens is 1. The van der Waals surface area contributed by atoms with Crippen molar-refractivity contribution in [3.8, 4) is 5.75 Å². The van der Waals surface area contributed by atoms with Crippen LogP contribution in [-0.2, 0) is 6.54 Å². The highest BCUT2D eigenvalue weighted by molar-refractivity contribution is 6.31. The average Bonchev–Trinajstić information content (AvgIpc) is 2.47. The molecule has 1 aromatic heterocycles. The van der Waals surface area contributed by atoms with Gasteiger partial charge >= 0.3 is 0 Å². The van der Waals surface area contributed by atoms with Gasteiger partial charge in [0.25, 0.3) is 0 Å². The van der Waals surface area contributed by atoms with E-state index in [0.29, 0.717) is 11.6 Å². The summed E-state index contributed by atoms with van der Waals surface area (Å²) in [7, 11) is 0. The van der Waals surface area contributed by atoms with Crippen LogP contribution in [0.5, 0.6) is 5.75 Å². The highest BCUT2D eigenvalue weighted by Gasteiger charge is 2.08. The monoisotopic (exact) mass is 290 g/mol. The smallest absolute Gasteiger partial charge is 0.119 e. The van der Waals surface area contributed by atoms with Gasteiger partial charge in [0, 0.05) is 25.0 Å². The number of hydrogen-bond acceptors (Lipinski definition) is 3. The Hall–Kier alpha value is -1.58. The van der Waals surface area contributed by atoms with Crippen LogP contribution in [-0.4, -0.2) is 11.6 Å². The minimum atomic E-state index is 0.178. The molecule has 1 aromatic carbocycles. The molecule has 1 N–H and O–H groups in total. The van der Waals surface area contributed by atoms with Crippen molar-refractivity contribution in [2.24, 2.45) is 0 Å². The molecule has 2 rings (SSSR count). The Morgan fingerprint density at radius 2 is 2.00 bits per heavy atom. The summed E-state index contributed by atoms with van der Waals surface area (Å²) in [6, 6.07) is 10.2. The van der Waals surface area contributed by atoms with Gasteiger partial charge in [-0.15, -0.1) is 0 Å². The molecule has 0 amide bonds. The van der Waals surface area contributed by atoms with Crippen LogP contribution in [0, 0.1) is 0 Å². The summed E-state index contributed by atoms with van der Waals surface area (Å²) in [6.45, 7) is 5.55. The van der Waals surface area contributed by atoms with E-state index in [1.54, 1.807) is 12.4 Å². The molecule has 0 bridgehead atoms. The Balaban J connectivity index is 1.93. The number of halogens is 1. The number of benzene rings is 1. The molecule has 3 nitrogen and oxygen atoms in total. The van der Waals surface area contributed by atoms with Gasteiger partial charge < -0.3 is 10.1 Å². The van der Waals surface area contributed by atoms with Gasteiger partial charge in [-0.25, -0.2) is 0 Å². The number of nitrogens with zero attached hydrogens (tertiary/aromatic N) is 1. The molecule has 1 heterocycles. The van der Waals surface area contributed by atoms with Gasteiger partial charge in [0.05, 0.1) is 11.6 Å². The van der Waals surface area contributed by atoms with E-state index in [1.165, 1.54) is 5.56 Å². The van der Waals surface area contributed by atoms with E-state index in [1.807, 2.05) is 25.1 Å². The van der Waals surface area contributed by atoms with E-state index in [9.17, 15) is 0 Å². The predicted octanol–water partition coefficient (Wildman–Crippen LogP) is 3.98. The molecule has 0 spiro atoms. The quantitative estimate of drug-likeness (QED) is 0.873. The zero-order valence-corrected chi connectivity index (χ0v) is 12.5. The minimum absolute atomic E-state index is 0.178. The van der Waals surface area contributed by atoms with Crippen molar-refractivity contribution in [2.45, 2.75) is 26.4 Å². The van der Waals surface area contributed by atoms with Gasteiger partial charge in [-0.05, 0) is 43.2 Å². The third kappa shape index (κ3) is 3.95. The van der Waals surface area contributed by atoms with E-state index in [2.05, 4.69) is 29.4 Å². The van der Waals surface area contributed by atoms with E-state index >= 15 is 0 Å². The first-order valence-corrected chi connectivity index (χ1v) is 7.13. The lowest BCUT2D eigenvalue weighted by Crippen LogP contribution is -2.18. The molecule has 0 aliphatic rings. The molecule has 1 unspecified atom stereocenters. The van der Waals surface area contributed by atoms with Crippen LogP contribution in [0.25, 0.3) is 0 Å². The zero-order chi connectivity index (χ0) is 14.4. The lowest BCUT2D eigenvalue weighted by Gasteiger charge is -2.15. The second-order valence-corrected chi connectivity index (χ2v) is 4.98. The molecule has 2 aromatic rings. The second-order valence-electron chi connectivity index (χ2n) is 4.58. The van der Waals surface area contributed by atoms with Crippen molar-refractivity contribution in [3.05, 3.63) is 58.9 Å². The average molecular weight is 291 g/mol. The standard InChI is InChI=1S/C16H19ClN2O/c1-3-20-14-6-4-13(5-7-14)10-19-12(2)15-8-9-18-11-16(15)17/h4-9,11-12,19H,3,10H2,1-2H3. The topological polar surface area (TPSA) is 34.1 Å². The molecular weight excluding hydrogens is 272 g/mol. The predicted molar refractivity (Wildman–Crippen MR) is 82.1 cm³/mol. The van der Waals surface area contributed by atoms with Gasteiger partial charge in [-0.2, -0.15) is 0 Å². The Kier molecular flexibility index (Phi) is 5.39. The van der Waals surface area contributed by atoms with Crippen LogP contribution in [0.2, 0.25) is 5.02 Å². The van der Waals surface area contributed by atoms with Crippen LogP contribution in [0.3, 0.4) is 0 Å². The summed E-state index contributed by atoms with van der Waals surface area (Å²) in [5.74, 6) is 0.904. The number of nitrogens with one attached hydrogen (secondary N) is 1.